The molecule has 1 aromatic rings. The number of rotatable bonds is 6. The van der Waals surface area contributed by atoms with Crippen LogP contribution in [0.2, 0.25) is 0 Å². The summed E-state index contributed by atoms with van der Waals surface area (Å²) in [5.74, 6) is 0.223. The number of halogens is 2. The van der Waals surface area contributed by atoms with E-state index in [0.717, 1.165) is 6.42 Å². The van der Waals surface area contributed by atoms with Crippen LogP contribution in [-0.4, -0.2) is 22.0 Å². The van der Waals surface area contributed by atoms with E-state index in [1.807, 2.05) is 0 Å². The molecule has 0 spiro atoms. The summed E-state index contributed by atoms with van der Waals surface area (Å²) in [5, 5.41) is 2.82. The average molecular weight is 365 g/mol. The number of hydrogen-bond donors (Lipinski definition) is 2. The Morgan fingerprint density at radius 1 is 1.45 bits per heavy atom. The lowest BCUT2D eigenvalue weighted by molar-refractivity contribution is 0.542. The summed E-state index contributed by atoms with van der Waals surface area (Å²) in [5.41, 5.74) is 0.321. The Labute approximate surface area is 127 Å². The van der Waals surface area contributed by atoms with E-state index in [1.54, 1.807) is 13.1 Å². The summed E-state index contributed by atoms with van der Waals surface area (Å²) in [6.07, 6.45) is 1.02. The maximum atomic E-state index is 14.3. The van der Waals surface area contributed by atoms with Crippen LogP contribution in [0.5, 0.6) is 0 Å². The van der Waals surface area contributed by atoms with E-state index in [0.29, 0.717) is 28.4 Å². The van der Waals surface area contributed by atoms with Gasteiger partial charge in [0.25, 0.3) is 0 Å². The van der Waals surface area contributed by atoms with E-state index >= 15 is 0 Å². The first-order valence-electron chi connectivity index (χ1n) is 6.47. The molecule has 0 heterocycles. The maximum Gasteiger partial charge on any atom is 0.243 e. The molecule has 0 radical (unpaired) electrons. The Morgan fingerprint density at radius 2 is 2.10 bits per heavy atom. The van der Waals surface area contributed by atoms with E-state index in [-0.39, 0.29) is 11.4 Å². The van der Waals surface area contributed by atoms with Crippen molar-refractivity contribution in [1.29, 1.82) is 0 Å². The minimum absolute atomic E-state index is 0.271. The second-order valence-electron chi connectivity index (χ2n) is 5.23. The van der Waals surface area contributed by atoms with E-state index < -0.39 is 15.8 Å². The predicted octanol–water partition coefficient (Wildman–Crippen LogP) is 2.24. The summed E-state index contributed by atoms with van der Waals surface area (Å²) in [6, 6.07) is 2.88. The maximum absolute atomic E-state index is 14.3. The van der Waals surface area contributed by atoms with Crippen LogP contribution in [0, 0.1) is 17.7 Å². The largest absolute Gasteiger partial charge is 0.316 e. The summed E-state index contributed by atoms with van der Waals surface area (Å²) in [7, 11) is -2.13. The Bertz CT molecular complexity index is 607. The fraction of sp³-hybridized carbons (Fsp3) is 0.538. The molecule has 1 aliphatic rings. The van der Waals surface area contributed by atoms with Gasteiger partial charge in [-0.05, 0) is 37.4 Å². The summed E-state index contributed by atoms with van der Waals surface area (Å²) < 4.78 is 41.7. The highest BCUT2D eigenvalue weighted by Crippen LogP contribution is 2.37. The van der Waals surface area contributed by atoms with Gasteiger partial charge in [0, 0.05) is 23.1 Å². The van der Waals surface area contributed by atoms with Gasteiger partial charge in [-0.15, -0.1) is 0 Å². The zero-order valence-electron chi connectivity index (χ0n) is 11.4. The SMILES string of the molecule is CNCc1cc(Br)cc(S(=O)(=O)NCC2CC2C)c1F. The van der Waals surface area contributed by atoms with Gasteiger partial charge in [0.15, 0.2) is 0 Å². The molecule has 2 rings (SSSR count). The van der Waals surface area contributed by atoms with Crippen LogP contribution >= 0.6 is 15.9 Å². The molecule has 4 nitrogen and oxygen atoms in total. The number of benzene rings is 1. The van der Waals surface area contributed by atoms with E-state index in [1.165, 1.54) is 6.07 Å². The van der Waals surface area contributed by atoms with Crippen molar-refractivity contribution in [3.05, 3.63) is 28.0 Å². The van der Waals surface area contributed by atoms with Gasteiger partial charge in [-0.25, -0.2) is 17.5 Å². The second kappa shape index (κ2) is 6.09. The summed E-state index contributed by atoms with van der Waals surface area (Å²) in [4.78, 5) is -0.301. The molecule has 0 aromatic heterocycles. The average Bonchev–Trinajstić information content (AvgIpc) is 3.07. The predicted molar refractivity (Wildman–Crippen MR) is 79.3 cm³/mol. The third kappa shape index (κ3) is 3.58. The van der Waals surface area contributed by atoms with Gasteiger partial charge in [0.05, 0.1) is 0 Å². The minimum atomic E-state index is -3.82. The quantitative estimate of drug-likeness (QED) is 0.813. The highest BCUT2D eigenvalue weighted by molar-refractivity contribution is 9.10. The number of nitrogens with one attached hydrogen (secondary N) is 2. The fourth-order valence-electron chi connectivity index (χ4n) is 2.11. The monoisotopic (exact) mass is 364 g/mol. The second-order valence-corrected chi connectivity index (χ2v) is 7.88. The molecule has 2 N–H and O–H groups in total. The molecular weight excluding hydrogens is 347 g/mol. The van der Waals surface area contributed by atoms with Crippen LogP contribution in [0.3, 0.4) is 0 Å². The zero-order valence-corrected chi connectivity index (χ0v) is 13.8. The van der Waals surface area contributed by atoms with Gasteiger partial charge in [-0.2, -0.15) is 0 Å². The van der Waals surface area contributed by atoms with Crippen LogP contribution in [-0.2, 0) is 16.6 Å². The van der Waals surface area contributed by atoms with Crippen molar-refractivity contribution in [2.75, 3.05) is 13.6 Å². The minimum Gasteiger partial charge on any atom is -0.316 e. The van der Waals surface area contributed by atoms with E-state index in [4.69, 9.17) is 0 Å². The molecule has 0 bridgehead atoms. The van der Waals surface area contributed by atoms with Crippen LogP contribution in [0.15, 0.2) is 21.5 Å². The lowest BCUT2D eigenvalue weighted by atomic mass is 10.2. The van der Waals surface area contributed by atoms with Gasteiger partial charge < -0.3 is 5.32 Å². The first-order chi connectivity index (χ1) is 9.35. The van der Waals surface area contributed by atoms with Crippen LogP contribution in [0.4, 0.5) is 4.39 Å². The number of hydrogen-bond acceptors (Lipinski definition) is 3. The zero-order chi connectivity index (χ0) is 14.9. The molecule has 2 unspecified atom stereocenters. The van der Waals surface area contributed by atoms with Crippen molar-refractivity contribution in [3.63, 3.8) is 0 Å². The summed E-state index contributed by atoms with van der Waals surface area (Å²) >= 11 is 3.22. The Balaban J connectivity index is 2.25. The molecule has 2 atom stereocenters. The molecular formula is C13H18BrFN2O2S. The molecule has 20 heavy (non-hydrogen) atoms. The molecule has 0 saturated heterocycles. The van der Waals surface area contributed by atoms with Crippen molar-refractivity contribution < 1.29 is 12.8 Å². The van der Waals surface area contributed by atoms with Crippen molar-refractivity contribution in [1.82, 2.24) is 10.0 Å². The van der Waals surface area contributed by atoms with Crippen LogP contribution in [0.1, 0.15) is 18.9 Å². The first-order valence-corrected chi connectivity index (χ1v) is 8.75. The number of sulfonamides is 1. The fourth-order valence-corrected chi connectivity index (χ4v) is 4.01. The van der Waals surface area contributed by atoms with E-state index in [9.17, 15) is 12.8 Å². The van der Waals surface area contributed by atoms with Gasteiger partial charge in [-0.1, -0.05) is 22.9 Å². The van der Waals surface area contributed by atoms with Crippen molar-refractivity contribution >= 4 is 26.0 Å². The topological polar surface area (TPSA) is 58.2 Å². The molecule has 1 saturated carbocycles. The first kappa shape index (κ1) is 15.9. The molecule has 0 amide bonds. The summed E-state index contributed by atoms with van der Waals surface area (Å²) in [6.45, 7) is 2.72. The van der Waals surface area contributed by atoms with Gasteiger partial charge in [0.1, 0.15) is 10.7 Å². The van der Waals surface area contributed by atoms with E-state index in [2.05, 4.69) is 32.9 Å². The smallest absolute Gasteiger partial charge is 0.243 e. The lowest BCUT2D eigenvalue weighted by Gasteiger charge is -2.11. The van der Waals surface area contributed by atoms with Gasteiger partial charge in [-0.3, -0.25) is 0 Å². The Morgan fingerprint density at radius 3 is 2.65 bits per heavy atom. The van der Waals surface area contributed by atoms with Crippen molar-refractivity contribution in [3.8, 4) is 0 Å². The normalized spacial score (nSPS) is 22.0. The molecule has 0 aliphatic heterocycles. The van der Waals surface area contributed by atoms with Gasteiger partial charge in [0.2, 0.25) is 10.0 Å². The standard InChI is InChI=1S/C13H18BrFN2O2S/c1-8-3-9(8)7-17-20(18,19)12-5-11(14)4-10(6-16-2)13(12)15/h4-5,8-9,16-17H,3,6-7H2,1-2H3. The lowest BCUT2D eigenvalue weighted by Crippen LogP contribution is -2.27. The highest BCUT2D eigenvalue weighted by atomic mass is 79.9. The highest BCUT2D eigenvalue weighted by Gasteiger charge is 2.34. The van der Waals surface area contributed by atoms with Crippen LogP contribution in [0.25, 0.3) is 0 Å². The molecule has 1 aromatic carbocycles. The molecule has 1 fully saturated rings. The third-order valence-electron chi connectivity index (χ3n) is 3.55. The van der Waals surface area contributed by atoms with Crippen molar-refractivity contribution in [2.24, 2.45) is 11.8 Å². The Kier molecular flexibility index (Phi) is 4.84. The molecule has 112 valence electrons. The van der Waals surface area contributed by atoms with Crippen LogP contribution < -0.4 is 10.0 Å². The third-order valence-corrected chi connectivity index (χ3v) is 5.43. The van der Waals surface area contributed by atoms with Gasteiger partial charge >= 0.3 is 0 Å². The Hall–Kier alpha value is -0.500. The molecule has 7 heteroatoms. The molecule has 1 aliphatic carbocycles. The van der Waals surface area contributed by atoms with Crippen molar-refractivity contribution in [2.45, 2.75) is 24.8 Å².